The molecule has 0 aliphatic carbocycles. The Labute approximate surface area is 179 Å². The Morgan fingerprint density at radius 1 is 0.966 bits per heavy atom. The number of carbonyl (C=O) groups excluding carboxylic acids is 1. The van der Waals surface area contributed by atoms with Gasteiger partial charge in [-0.1, -0.05) is 77.8 Å². The first-order valence-electron chi connectivity index (χ1n) is 8.71. The first-order valence-corrected chi connectivity index (χ1v) is 9.47. The van der Waals surface area contributed by atoms with Gasteiger partial charge in [-0.05, 0) is 29.8 Å². The maximum Gasteiger partial charge on any atom is 0.266 e. The molecule has 0 saturated carbocycles. The van der Waals surface area contributed by atoms with E-state index in [2.05, 4.69) is 5.32 Å². The van der Waals surface area contributed by atoms with Crippen molar-refractivity contribution >= 4 is 40.9 Å². The number of anilines is 1. The van der Waals surface area contributed by atoms with E-state index in [0.29, 0.717) is 17.9 Å². The maximum atomic E-state index is 12.6. The highest BCUT2D eigenvalue weighted by molar-refractivity contribution is 6.40. The molecule has 6 heteroatoms. The van der Waals surface area contributed by atoms with Gasteiger partial charge in [-0.2, -0.15) is 5.26 Å². The van der Waals surface area contributed by atoms with Crippen molar-refractivity contribution in [3.63, 3.8) is 0 Å². The van der Waals surface area contributed by atoms with Crippen molar-refractivity contribution in [3.05, 3.63) is 99.5 Å². The average Bonchev–Trinajstić information content (AvgIpc) is 2.74. The molecule has 0 spiro atoms. The minimum absolute atomic E-state index is 0.100. The fourth-order valence-corrected chi connectivity index (χ4v) is 3.06. The summed E-state index contributed by atoms with van der Waals surface area (Å²) >= 11 is 12.2. The zero-order valence-corrected chi connectivity index (χ0v) is 16.7. The molecule has 3 rings (SSSR count). The summed E-state index contributed by atoms with van der Waals surface area (Å²) in [4.78, 5) is 12.6. The van der Waals surface area contributed by atoms with Crippen molar-refractivity contribution in [2.24, 2.45) is 0 Å². The van der Waals surface area contributed by atoms with Crippen LogP contribution in [0.5, 0.6) is 5.75 Å². The van der Waals surface area contributed by atoms with E-state index >= 15 is 0 Å². The number of halogens is 2. The first kappa shape index (κ1) is 20.5. The Morgan fingerprint density at radius 2 is 1.62 bits per heavy atom. The first-order chi connectivity index (χ1) is 14.1. The molecule has 0 aliphatic heterocycles. The molecule has 0 atom stereocenters. The van der Waals surface area contributed by atoms with Crippen LogP contribution in [0.15, 0.2) is 78.4 Å². The van der Waals surface area contributed by atoms with Crippen molar-refractivity contribution in [3.8, 4) is 11.8 Å². The number of para-hydroxylation sites is 2. The standard InChI is InChI=1S/C23H16Cl2N2O2/c24-19-10-6-11-20(25)22(19)27-23(28)18(14-26)13-17-9-4-5-12-21(17)29-15-16-7-2-1-3-8-16/h1-13H,15H2,(H,27,28)/b18-13+. The van der Waals surface area contributed by atoms with Crippen molar-refractivity contribution in [2.45, 2.75) is 6.61 Å². The van der Waals surface area contributed by atoms with Crippen LogP contribution in [0, 0.1) is 11.3 Å². The highest BCUT2D eigenvalue weighted by atomic mass is 35.5. The predicted octanol–water partition coefficient (Wildman–Crippen LogP) is 6.12. The van der Waals surface area contributed by atoms with Gasteiger partial charge >= 0.3 is 0 Å². The molecular formula is C23H16Cl2N2O2. The number of amides is 1. The Hall–Kier alpha value is -3.26. The summed E-state index contributed by atoms with van der Waals surface area (Å²) in [6.45, 7) is 0.370. The normalized spacial score (nSPS) is 10.9. The minimum Gasteiger partial charge on any atom is -0.488 e. The molecule has 0 fully saturated rings. The molecule has 0 radical (unpaired) electrons. The van der Waals surface area contributed by atoms with Crippen LogP contribution in [-0.4, -0.2) is 5.91 Å². The van der Waals surface area contributed by atoms with Crippen molar-refractivity contribution < 1.29 is 9.53 Å². The van der Waals surface area contributed by atoms with E-state index < -0.39 is 5.91 Å². The molecule has 0 heterocycles. The SMILES string of the molecule is N#C/C(=C\c1ccccc1OCc1ccccc1)C(=O)Nc1c(Cl)cccc1Cl. The van der Waals surface area contributed by atoms with Gasteiger partial charge < -0.3 is 10.1 Å². The van der Waals surface area contributed by atoms with Crippen LogP contribution in [0.1, 0.15) is 11.1 Å². The molecule has 29 heavy (non-hydrogen) atoms. The second-order valence-corrected chi connectivity index (χ2v) is 6.85. The second kappa shape index (κ2) is 9.79. The number of nitrogens with zero attached hydrogens (tertiary/aromatic N) is 1. The largest absolute Gasteiger partial charge is 0.488 e. The highest BCUT2D eigenvalue weighted by Gasteiger charge is 2.14. The van der Waals surface area contributed by atoms with Crippen LogP contribution in [-0.2, 0) is 11.4 Å². The van der Waals surface area contributed by atoms with Gasteiger partial charge in [-0.3, -0.25) is 4.79 Å². The van der Waals surface area contributed by atoms with Gasteiger partial charge in [0.1, 0.15) is 24.0 Å². The van der Waals surface area contributed by atoms with E-state index in [1.165, 1.54) is 6.08 Å². The quantitative estimate of drug-likeness (QED) is 0.384. The molecule has 0 unspecified atom stereocenters. The molecule has 1 amide bonds. The summed E-state index contributed by atoms with van der Waals surface area (Å²) in [5, 5.41) is 12.7. The Balaban J connectivity index is 1.82. The van der Waals surface area contributed by atoms with Gasteiger partial charge in [0.05, 0.1) is 15.7 Å². The monoisotopic (exact) mass is 422 g/mol. The summed E-state index contributed by atoms with van der Waals surface area (Å²) in [6.07, 6.45) is 1.47. The van der Waals surface area contributed by atoms with Gasteiger partial charge in [0.15, 0.2) is 0 Å². The number of hydrogen-bond acceptors (Lipinski definition) is 3. The smallest absolute Gasteiger partial charge is 0.266 e. The maximum absolute atomic E-state index is 12.6. The lowest BCUT2D eigenvalue weighted by molar-refractivity contribution is -0.112. The van der Waals surface area contributed by atoms with E-state index in [1.54, 1.807) is 36.4 Å². The second-order valence-electron chi connectivity index (χ2n) is 6.03. The molecule has 3 aromatic rings. The Bertz CT molecular complexity index is 1070. The molecule has 144 valence electrons. The molecular weight excluding hydrogens is 407 g/mol. The zero-order valence-electron chi connectivity index (χ0n) is 15.2. The number of ether oxygens (including phenoxy) is 1. The number of rotatable bonds is 6. The lowest BCUT2D eigenvalue weighted by Crippen LogP contribution is -2.14. The Morgan fingerprint density at radius 3 is 2.31 bits per heavy atom. The Kier molecular flexibility index (Phi) is 6.91. The van der Waals surface area contributed by atoms with E-state index in [-0.39, 0.29) is 21.3 Å². The summed E-state index contributed by atoms with van der Waals surface area (Å²) in [5.41, 5.74) is 1.78. The molecule has 0 bridgehead atoms. The van der Waals surface area contributed by atoms with E-state index in [1.807, 2.05) is 42.5 Å². The molecule has 0 saturated heterocycles. The van der Waals surface area contributed by atoms with Crippen LogP contribution in [0.3, 0.4) is 0 Å². The molecule has 1 N–H and O–H groups in total. The van der Waals surface area contributed by atoms with Crippen LogP contribution < -0.4 is 10.1 Å². The summed E-state index contributed by atoms with van der Waals surface area (Å²) in [5.74, 6) is -0.0481. The fraction of sp³-hybridized carbons (Fsp3) is 0.0435. The topological polar surface area (TPSA) is 62.1 Å². The minimum atomic E-state index is -0.611. The number of carbonyl (C=O) groups is 1. The lowest BCUT2D eigenvalue weighted by atomic mass is 10.1. The number of nitrogens with one attached hydrogen (secondary N) is 1. The van der Waals surface area contributed by atoms with Crippen molar-refractivity contribution in [1.29, 1.82) is 5.26 Å². The van der Waals surface area contributed by atoms with Crippen LogP contribution in [0.2, 0.25) is 10.0 Å². The molecule has 4 nitrogen and oxygen atoms in total. The van der Waals surface area contributed by atoms with E-state index in [4.69, 9.17) is 27.9 Å². The van der Waals surface area contributed by atoms with E-state index in [0.717, 1.165) is 5.56 Å². The lowest BCUT2D eigenvalue weighted by Gasteiger charge is -2.11. The van der Waals surface area contributed by atoms with Gasteiger partial charge in [0.25, 0.3) is 5.91 Å². The number of hydrogen-bond donors (Lipinski definition) is 1. The highest BCUT2D eigenvalue weighted by Crippen LogP contribution is 2.30. The molecule has 3 aromatic carbocycles. The van der Waals surface area contributed by atoms with Crippen LogP contribution in [0.25, 0.3) is 6.08 Å². The van der Waals surface area contributed by atoms with Gasteiger partial charge in [0.2, 0.25) is 0 Å². The van der Waals surface area contributed by atoms with Gasteiger partial charge in [0, 0.05) is 5.56 Å². The molecule has 0 aliphatic rings. The number of benzene rings is 3. The predicted molar refractivity (Wildman–Crippen MR) is 116 cm³/mol. The third-order valence-corrected chi connectivity index (χ3v) is 4.65. The third-order valence-electron chi connectivity index (χ3n) is 4.02. The van der Waals surface area contributed by atoms with Crippen molar-refractivity contribution in [2.75, 3.05) is 5.32 Å². The summed E-state index contributed by atoms with van der Waals surface area (Å²) in [7, 11) is 0. The van der Waals surface area contributed by atoms with Gasteiger partial charge in [-0.15, -0.1) is 0 Å². The molecule has 0 aromatic heterocycles. The average molecular weight is 423 g/mol. The number of nitriles is 1. The fourth-order valence-electron chi connectivity index (χ4n) is 2.57. The van der Waals surface area contributed by atoms with Crippen molar-refractivity contribution in [1.82, 2.24) is 0 Å². The van der Waals surface area contributed by atoms with Crippen LogP contribution in [0.4, 0.5) is 5.69 Å². The zero-order chi connectivity index (χ0) is 20.6. The summed E-state index contributed by atoms with van der Waals surface area (Å²) < 4.78 is 5.88. The van der Waals surface area contributed by atoms with Crippen LogP contribution >= 0.6 is 23.2 Å². The van der Waals surface area contributed by atoms with Gasteiger partial charge in [-0.25, -0.2) is 0 Å². The third kappa shape index (κ3) is 5.39. The van der Waals surface area contributed by atoms with E-state index in [9.17, 15) is 10.1 Å². The summed E-state index contributed by atoms with van der Waals surface area (Å²) in [6, 6.07) is 23.7.